The predicted molar refractivity (Wildman–Crippen MR) is 86.7 cm³/mol. The molecular weight excluding hydrogens is 292 g/mol. The van der Waals surface area contributed by atoms with Gasteiger partial charge in [0.1, 0.15) is 0 Å². The molecule has 3 atom stereocenters. The van der Waals surface area contributed by atoms with Gasteiger partial charge in [0.25, 0.3) is 0 Å². The highest BCUT2D eigenvalue weighted by molar-refractivity contribution is 7.99. The van der Waals surface area contributed by atoms with E-state index in [-0.39, 0.29) is 11.8 Å². The van der Waals surface area contributed by atoms with E-state index in [2.05, 4.69) is 17.0 Å². The van der Waals surface area contributed by atoms with Crippen LogP contribution in [0.3, 0.4) is 0 Å². The van der Waals surface area contributed by atoms with E-state index in [0.717, 1.165) is 44.4 Å². The Hall–Kier alpha value is 0.220. The predicted octanol–water partition coefficient (Wildman–Crippen LogP) is 2.11. The van der Waals surface area contributed by atoms with Crippen LogP contribution >= 0.6 is 11.8 Å². The molecule has 0 radical (unpaired) electrons. The number of nitrogens with one attached hydrogen (secondary N) is 2. The average Bonchev–Trinajstić information content (AvgIpc) is 2.85. The van der Waals surface area contributed by atoms with Crippen LogP contribution in [0.1, 0.15) is 51.9 Å². The van der Waals surface area contributed by atoms with Gasteiger partial charge >= 0.3 is 0 Å². The van der Waals surface area contributed by atoms with E-state index < -0.39 is 10.0 Å². The van der Waals surface area contributed by atoms with Gasteiger partial charge < -0.3 is 5.32 Å². The zero-order valence-electron chi connectivity index (χ0n) is 12.4. The zero-order valence-corrected chi connectivity index (χ0v) is 14.1. The van der Waals surface area contributed by atoms with Crippen LogP contribution in [0, 0.1) is 0 Å². The van der Waals surface area contributed by atoms with E-state index in [4.69, 9.17) is 0 Å². The molecule has 2 N–H and O–H groups in total. The second kappa shape index (κ2) is 8.01. The number of hydrogen-bond donors (Lipinski definition) is 2. The molecule has 0 aromatic rings. The Morgan fingerprint density at radius 3 is 2.80 bits per heavy atom. The summed E-state index contributed by atoms with van der Waals surface area (Å²) in [5.74, 6) is 1.39. The van der Waals surface area contributed by atoms with Crippen molar-refractivity contribution in [1.82, 2.24) is 10.0 Å². The molecule has 2 rings (SSSR count). The molecule has 4 nitrogen and oxygen atoms in total. The maximum Gasteiger partial charge on any atom is 0.211 e. The molecule has 6 heteroatoms. The first-order valence-electron chi connectivity index (χ1n) is 7.94. The maximum atomic E-state index is 12.1. The lowest BCUT2D eigenvalue weighted by Gasteiger charge is -2.23. The van der Waals surface area contributed by atoms with Crippen molar-refractivity contribution < 1.29 is 8.42 Å². The van der Waals surface area contributed by atoms with Gasteiger partial charge in [0.2, 0.25) is 10.0 Å². The Morgan fingerprint density at radius 2 is 2.10 bits per heavy atom. The number of thioether (sulfide) groups is 1. The van der Waals surface area contributed by atoms with Crippen molar-refractivity contribution >= 4 is 21.8 Å². The number of hydrogen-bond acceptors (Lipinski definition) is 4. The van der Waals surface area contributed by atoms with Gasteiger partial charge in [-0.15, -0.1) is 0 Å². The van der Waals surface area contributed by atoms with Gasteiger partial charge in [-0.3, -0.25) is 0 Å². The van der Waals surface area contributed by atoms with Gasteiger partial charge in [-0.05, 0) is 50.8 Å². The molecule has 2 fully saturated rings. The first-order valence-corrected chi connectivity index (χ1v) is 10.6. The minimum Gasteiger partial charge on any atom is -0.314 e. The molecule has 20 heavy (non-hydrogen) atoms. The summed E-state index contributed by atoms with van der Waals surface area (Å²) >= 11 is 1.96. The monoisotopic (exact) mass is 320 g/mol. The lowest BCUT2D eigenvalue weighted by Crippen LogP contribution is -2.39. The molecule has 1 saturated heterocycles. The first-order chi connectivity index (χ1) is 9.59. The van der Waals surface area contributed by atoms with Gasteiger partial charge in [-0.1, -0.05) is 13.3 Å². The smallest absolute Gasteiger partial charge is 0.211 e. The van der Waals surface area contributed by atoms with Crippen LogP contribution in [0.15, 0.2) is 0 Å². The van der Waals surface area contributed by atoms with Crippen molar-refractivity contribution in [2.24, 2.45) is 0 Å². The van der Waals surface area contributed by atoms with Gasteiger partial charge in [0, 0.05) is 17.3 Å². The molecule has 1 aliphatic heterocycles. The summed E-state index contributed by atoms with van der Waals surface area (Å²) in [6.45, 7) is 3.20. The van der Waals surface area contributed by atoms with Gasteiger partial charge in [-0.2, -0.15) is 11.8 Å². The number of sulfonamides is 1. The Balaban J connectivity index is 1.70. The largest absolute Gasteiger partial charge is 0.314 e. The van der Waals surface area contributed by atoms with Crippen LogP contribution in [-0.4, -0.2) is 43.8 Å². The molecular formula is C14H28N2O2S2. The summed E-state index contributed by atoms with van der Waals surface area (Å²) in [5, 5.41) is 4.06. The van der Waals surface area contributed by atoms with Crippen molar-refractivity contribution in [2.45, 2.75) is 69.2 Å². The fourth-order valence-corrected chi connectivity index (χ4v) is 5.79. The average molecular weight is 321 g/mol. The minimum absolute atomic E-state index is 0.170. The van der Waals surface area contributed by atoms with Crippen molar-refractivity contribution in [3.8, 4) is 0 Å². The highest BCUT2D eigenvalue weighted by Gasteiger charge is 2.28. The molecule has 0 bridgehead atoms. The molecule has 0 aromatic heterocycles. The standard InChI is InChI=1S/C14H28N2O2S2/c1-2-19-14-7-6-13(11-14)16-20(17,18)10-8-12-5-3-4-9-15-12/h12-16H,2-11H2,1H3. The lowest BCUT2D eigenvalue weighted by molar-refractivity contribution is 0.392. The van der Waals surface area contributed by atoms with Crippen LogP contribution < -0.4 is 10.0 Å². The molecule has 118 valence electrons. The topological polar surface area (TPSA) is 58.2 Å². The molecule has 0 aromatic carbocycles. The highest BCUT2D eigenvalue weighted by Crippen LogP contribution is 2.30. The van der Waals surface area contributed by atoms with Gasteiger partial charge in [0.15, 0.2) is 0 Å². The molecule has 0 amide bonds. The maximum absolute atomic E-state index is 12.1. The second-order valence-corrected chi connectivity index (χ2v) is 9.41. The van der Waals surface area contributed by atoms with Crippen LogP contribution in [0.25, 0.3) is 0 Å². The van der Waals surface area contributed by atoms with Crippen LogP contribution in [0.2, 0.25) is 0 Å². The Morgan fingerprint density at radius 1 is 1.25 bits per heavy atom. The van der Waals surface area contributed by atoms with E-state index in [1.807, 2.05) is 11.8 Å². The second-order valence-electron chi connectivity index (χ2n) is 5.96. The summed E-state index contributed by atoms with van der Waals surface area (Å²) < 4.78 is 27.2. The van der Waals surface area contributed by atoms with Crippen molar-refractivity contribution in [2.75, 3.05) is 18.1 Å². The molecule has 1 heterocycles. The Kier molecular flexibility index (Phi) is 6.65. The molecule has 3 unspecified atom stereocenters. The highest BCUT2D eigenvalue weighted by atomic mass is 32.2. The van der Waals surface area contributed by atoms with Crippen molar-refractivity contribution in [1.29, 1.82) is 0 Å². The fourth-order valence-electron chi connectivity index (χ4n) is 3.21. The van der Waals surface area contributed by atoms with E-state index in [1.54, 1.807) is 0 Å². The normalized spacial score (nSPS) is 31.6. The van der Waals surface area contributed by atoms with Crippen molar-refractivity contribution in [3.05, 3.63) is 0 Å². The summed E-state index contributed by atoms with van der Waals surface area (Å²) in [6, 6.07) is 0.565. The summed E-state index contributed by atoms with van der Waals surface area (Å²) in [5.41, 5.74) is 0. The Labute approximate surface area is 127 Å². The fraction of sp³-hybridized carbons (Fsp3) is 1.00. The van der Waals surface area contributed by atoms with Crippen LogP contribution in [0.4, 0.5) is 0 Å². The molecule has 0 spiro atoms. The van der Waals surface area contributed by atoms with E-state index in [0.29, 0.717) is 11.3 Å². The summed E-state index contributed by atoms with van der Waals surface area (Å²) in [4.78, 5) is 0. The third kappa shape index (κ3) is 5.54. The van der Waals surface area contributed by atoms with Crippen LogP contribution in [-0.2, 0) is 10.0 Å². The molecule has 1 aliphatic carbocycles. The summed E-state index contributed by atoms with van der Waals surface area (Å²) in [7, 11) is -3.10. The molecule has 1 saturated carbocycles. The third-order valence-electron chi connectivity index (χ3n) is 4.28. The first kappa shape index (κ1) is 16.6. The van der Waals surface area contributed by atoms with Crippen molar-refractivity contribution in [3.63, 3.8) is 0 Å². The number of piperidine rings is 1. The summed E-state index contributed by atoms with van der Waals surface area (Å²) in [6.07, 6.45) is 7.46. The quantitative estimate of drug-likeness (QED) is 0.754. The van der Waals surface area contributed by atoms with E-state index in [9.17, 15) is 8.42 Å². The van der Waals surface area contributed by atoms with E-state index >= 15 is 0 Å². The number of rotatable bonds is 7. The van der Waals surface area contributed by atoms with Gasteiger partial charge in [0.05, 0.1) is 5.75 Å². The SMILES string of the molecule is CCSC1CCC(NS(=O)(=O)CCC2CCCCN2)C1. The Bertz CT molecular complexity index is 381. The lowest BCUT2D eigenvalue weighted by atomic mass is 10.0. The minimum atomic E-state index is -3.10. The van der Waals surface area contributed by atoms with E-state index in [1.165, 1.54) is 12.8 Å². The zero-order chi connectivity index (χ0) is 14.4. The molecule has 2 aliphatic rings. The van der Waals surface area contributed by atoms with Gasteiger partial charge in [-0.25, -0.2) is 13.1 Å². The third-order valence-corrected chi connectivity index (χ3v) is 6.98. The van der Waals surface area contributed by atoms with Crippen LogP contribution in [0.5, 0.6) is 0 Å².